The van der Waals surface area contributed by atoms with Crippen LogP contribution in [0.1, 0.15) is 17.2 Å². The molecular weight excluding hydrogens is 270 g/mol. The molecule has 0 bridgehead atoms. The fourth-order valence-electron chi connectivity index (χ4n) is 1.99. The summed E-state index contributed by atoms with van der Waals surface area (Å²) in [5.74, 6) is 1.76. The molecule has 0 aliphatic carbocycles. The molecule has 0 saturated heterocycles. The number of hydrogen-bond acceptors (Lipinski definition) is 3. The second-order valence-electron chi connectivity index (χ2n) is 4.62. The zero-order valence-electron chi connectivity index (χ0n) is 11.5. The van der Waals surface area contributed by atoms with E-state index in [1.165, 1.54) is 0 Å². The average Bonchev–Trinajstić information content (AvgIpc) is 2.48. The van der Waals surface area contributed by atoms with Gasteiger partial charge in [-0.2, -0.15) is 0 Å². The van der Waals surface area contributed by atoms with Gasteiger partial charge >= 0.3 is 0 Å². The van der Waals surface area contributed by atoms with Gasteiger partial charge in [-0.25, -0.2) is 0 Å². The predicted molar refractivity (Wildman–Crippen MR) is 83.1 cm³/mol. The van der Waals surface area contributed by atoms with Crippen molar-refractivity contribution >= 4 is 10.8 Å². The van der Waals surface area contributed by atoms with Crippen LogP contribution in [0.15, 0.2) is 54.6 Å². The molecule has 20 heavy (non-hydrogen) atoms. The Hall–Kier alpha value is -1.65. The highest BCUT2D eigenvalue weighted by Gasteiger charge is 2.11. The molecule has 106 valence electrons. The number of hydrogen-bond donors (Lipinski definition) is 1. The van der Waals surface area contributed by atoms with Gasteiger partial charge in [-0.15, -0.1) is 0 Å². The van der Waals surface area contributed by atoms with Crippen molar-refractivity contribution in [3.05, 3.63) is 65.7 Å². The summed E-state index contributed by atoms with van der Waals surface area (Å²) in [4.78, 5) is 0. The number of nitrogens with two attached hydrogens (primary N) is 1. The Morgan fingerprint density at radius 1 is 1.15 bits per heavy atom. The highest BCUT2D eigenvalue weighted by Crippen LogP contribution is 2.19. The fraction of sp³-hybridized carbons (Fsp3) is 0.250. The van der Waals surface area contributed by atoms with Gasteiger partial charge in [0.15, 0.2) is 0 Å². The van der Waals surface area contributed by atoms with E-state index in [1.54, 1.807) is 7.11 Å². The van der Waals surface area contributed by atoms with Crippen molar-refractivity contribution in [2.75, 3.05) is 12.9 Å². The van der Waals surface area contributed by atoms with Crippen molar-refractivity contribution in [2.24, 2.45) is 5.73 Å². The molecule has 2 aromatic rings. The van der Waals surface area contributed by atoms with Crippen LogP contribution in [0.25, 0.3) is 0 Å². The van der Waals surface area contributed by atoms with Crippen LogP contribution in [-0.4, -0.2) is 17.1 Å². The van der Waals surface area contributed by atoms with Crippen molar-refractivity contribution in [2.45, 2.75) is 11.8 Å². The Labute approximate surface area is 122 Å². The van der Waals surface area contributed by atoms with Crippen molar-refractivity contribution in [1.29, 1.82) is 0 Å². The first-order valence-electron chi connectivity index (χ1n) is 6.47. The van der Waals surface area contributed by atoms with E-state index in [9.17, 15) is 4.21 Å². The van der Waals surface area contributed by atoms with Crippen molar-refractivity contribution in [3.63, 3.8) is 0 Å². The lowest BCUT2D eigenvalue weighted by Gasteiger charge is -2.13. The Balaban J connectivity index is 1.96. The molecule has 0 aliphatic heterocycles. The van der Waals surface area contributed by atoms with Gasteiger partial charge in [-0.05, 0) is 23.3 Å². The molecule has 0 fully saturated rings. The summed E-state index contributed by atoms with van der Waals surface area (Å²) in [7, 11) is 0.647. The Morgan fingerprint density at radius 2 is 1.90 bits per heavy atom. The molecule has 4 heteroatoms. The van der Waals surface area contributed by atoms with E-state index in [0.29, 0.717) is 11.5 Å². The molecule has 0 radical (unpaired) electrons. The third-order valence-electron chi connectivity index (χ3n) is 3.06. The molecule has 2 atom stereocenters. The summed E-state index contributed by atoms with van der Waals surface area (Å²) in [6.45, 7) is 0. The Kier molecular flexibility index (Phi) is 5.32. The van der Waals surface area contributed by atoms with Gasteiger partial charge in [0.2, 0.25) is 0 Å². The topological polar surface area (TPSA) is 52.3 Å². The smallest absolute Gasteiger partial charge is 0.119 e. The molecule has 0 saturated carbocycles. The van der Waals surface area contributed by atoms with Gasteiger partial charge in [0.25, 0.3) is 0 Å². The maximum absolute atomic E-state index is 12.2. The number of ether oxygens (including phenoxy) is 1. The fourth-order valence-corrected chi connectivity index (χ4v) is 3.26. The molecule has 0 amide bonds. The van der Waals surface area contributed by atoms with Crippen LogP contribution in [-0.2, 0) is 16.6 Å². The summed E-state index contributed by atoms with van der Waals surface area (Å²) in [5, 5.41) is 0. The molecule has 0 heterocycles. The molecular formula is C16H19NO2S. The lowest BCUT2D eigenvalue weighted by atomic mass is 10.1. The molecule has 0 spiro atoms. The van der Waals surface area contributed by atoms with Gasteiger partial charge in [-0.1, -0.05) is 42.5 Å². The maximum Gasteiger partial charge on any atom is 0.119 e. The lowest BCUT2D eigenvalue weighted by Crippen LogP contribution is -2.19. The third-order valence-corrected chi connectivity index (χ3v) is 4.44. The van der Waals surface area contributed by atoms with Crippen LogP contribution < -0.4 is 10.5 Å². The van der Waals surface area contributed by atoms with Crippen LogP contribution in [0.3, 0.4) is 0 Å². The number of benzene rings is 2. The molecule has 2 aromatic carbocycles. The minimum atomic E-state index is -0.976. The highest BCUT2D eigenvalue weighted by molar-refractivity contribution is 7.84. The average molecular weight is 289 g/mol. The number of rotatable bonds is 6. The Morgan fingerprint density at radius 3 is 2.60 bits per heavy atom. The standard InChI is InChI=1S/C16H19NO2S/c1-19-15-9-5-8-14(10-15)16(17)12-20(18)11-13-6-3-2-4-7-13/h2-10,16H,11-12,17H2,1H3. The van der Waals surface area contributed by atoms with E-state index in [0.717, 1.165) is 16.9 Å². The molecule has 0 aliphatic rings. The van der Waals surface area contributed by atoms with Gasteiger partial charge in [-0.3, -0.25) is 4.21 Å². The monoisotopic (exact) mass is 289 g/mol. The Bertz CT molecular complexity index is 572. The quantitative estimate of drug-likeness (QED) is 0.889. The van der Waals surface area contributed by atoms with E-state index >= 15 is 0 Å². The first-order chi connectivity index (χ1) is 9.69. The summed E-state index contributed by atoms with van der Waals surface area (Å²) in [6, 6.07) is 17.2. The molecule has 3 nitrogen and oxygen atoms in total. The molecule has 2 N–H and O–H groups in total. The summed E-state index contributed by atoms with van der Waals surface area (Å²) in [5.41, 5.74) is 8.15. The van der Waals surface area contributed by atoms with Crippen molar-refractivity contribution < 1.29 is 8.95 Å². The first-order valence-corrected chi connectivity index (χ1v) is 7.96. The molecule has 2 unspecified atom stereocenters. The summed E-state index contributed by atoms with van der Waals surface area (Å²) in [6.07, 6.45) is 0. The van der Waals surface area contributed by atoms with Crippen LogP contribution in [0.5, 0.6) is 5.75 Å². The lowest BCUT2D eigenvalue weighted by molar-refractivity contribution is 0.414. The van der Waals surface area contributed by atoms with E-state index in [2.05, 4.69) is 0 Å². The summed E-state index contributed by atoms with van der Waals surface area (Å²) >= 11 is 0. The second kappa shape index (κ2) is 7.22. The SMILES string of the molecule is COc1cccc(C(N)CS(=O)Cc2ccccc2)c1. The predicted octanol–water partition coefficient (Wildman–Crippen LogP) is 2.64. The van der Waals surface area contributed by atoms with Gasteiger partial charge < -0.3 is 10.5 Å². The van der Waals surface area contributed by atoms with Gasteiger partial charge in [0, 0.05) is 28.3 Å². The normalized spacial score (nSPS) is 13.7. The maximum atomic E-state index is 12.2. The van der Waals surface area contributed by atoms with E-state index < -0.39 is 10.8 Å². The van der Waals surface area contributed by atoms with Crippen LogP contribution in [0, 0.1) is 0 Å². The first kappa shape index (κ1) is 14.8. The summed E-state index contributed by atoms with van der Waals surface area (Å²) < 4.78 is 17.3. The zero-order chi connectivity index (χ0) is 14.4. The van der Waals surface area contributed by atoms with E-state index in [1.807, 2.05) is 54.6 Å². The van der Waals surface area contributed by atoms with Crippen molar-refractivity contribution in [1.82, 2.24) is 0 Å². The van der Waals surface area contributed by atoms with E-state index in [-0.39, 0.29) is 6.04 Å². The third kappa shape index (κ3) is 4.18. The number of methoxy groups -OCH3 is 1. The van der Waals surface area contributed by atoms with Gasteiger partial charge in [0.05, 0.1) is 7.11 Å². The van der Waals surface area contributed by atoms with Crippen molar-refractivity contribution in [3.8, 4) is 5.75 Å². The zero-order valence-corrected chi connectivity index (χ0v) is 12.3. The van der Waals surface area contributed by atoms with Crippen LogP contribution in [0.4, 0.5) is 0 Å². The molecule has 2 rings (SSSR count). The largest absolute Gasteiger partial charge is 0.497 e. The minimum absolute atomic E-state index is 0.241. The second-order valence-corrected chi connectivity index (χ2v) is 6.12. The van der Waals surface area contributed by atoms with Gasteiger partial charge in [0.1, 0.15) is 5.75 Å². The molecule has 0 aromatic heterocycles. The van der Waals surface area contributed by atoms with E-state index in [4.69, 9.17) is 10.5 Å². The van der Waals surface area contributed by atoms with Crippen LogP contribution >= 0.6 is 0 Å². The minimum Gasteiger partial charge on any atom is -0.497 e. The highest BCUT2D eigenvalue weighted by atomic mass is 32.2. The van der Waals surface area contributed by atoms with Crippen LogP contribution in [0.2, 0.25) is 0 Å².